The van der Waals surface area contributed by atoms with Crippen molar-refractivity contribution in [1.82, 2.24) is 0 Å². The second-order valence-electron chi connectivity index (χ2n) is 5.26. The normalized spacial score (nSPS) is 14.4. The van der Waals surface area contributed by atoms with Crippen LogP contribution in [0.25, 0.3) is 0 Å². The number of hydrogen-bond donors (Lipinski definition) is 0. The van der Waals surface area contributed by atoms with Gasteiger partial charge >= 0.3 is 29.8 Å². The molecule has 0 aromatic heterocycles. The van der Waals surface area contributed by atoms with E-state index in [2.05, 4.69) is 0 Å². The van der Waals surface area contributed by atoms with Gasteiger partial charge in [-0.05, 0) is 0 Å². The summed E-state index contributed by atoms with van der Waals surface area (Å²) in [6.45, 7) is 4.60. The lowest BCUT2D eigenvalue weighted by molar-refractivity contribution is -0.198. The molecule has 4 atom stereocenters. The van der Waals surface area contributed by atoms with Crippen LogP contribution in [-0.4, -0.2) is 60.9 Å². The quantitative estimate of drug-likeness (QED) is 0.381. The van der Waals surface area contributed by atoms with E-state index < -0.39 is 60.9 Å². The van der Waals surface area contributed by atoms with E-state index in [0.717, 1.165) is 34.6 Å². The minimum Gasteiger partial charge on any atom is -0.462 e. The van der Waals surface area contributed by atoms with Crippen LogP contribution in [0.3, 0.4) is 0 Å². The van der Waals surface area contributed by atoms with Gasteiger partial charge in [0.25, 0.3) is 0 Å². The molecule has 0 aromatic carbocycles. The van der Waals surface area contributed by atoms with Gasteiger partial charge in [0.1, 0.15) is 12.7 Å². The molecule has 0 aromatic rings. The molecule has 0 amide bonds. The first-order valence-electron chi connectivity index (χ1n) is 7.69. The molecule has 11 heteroatoms. The number of hydrogen-bond acceptors (Lipinski definition) is 11. The maximum atomic E-state index is 11.5. The highest BCUT2D eigenvalue weighted by molar-refractivity contribution is 5.69. The van der Waals surface area contributed by atoms with Gasteiger partial charge in [-0.25, -0.2) is 0 Å². The summed E-state index contributed by atoms with van der Waals surface area (Å²) in [5.74, 6) is -4.19. The minimum absolute atomic E-state index is 0.567. The molecule has 0 heterocycles. The summed E-state index contributed by atoms with van der Waals surface area (Å²) in [5.41, 5.74) is 0. The largest absolute Gasteiger partial charge is 0.462 e. The van der Waals surface area contributed by atoms with Crippen LogP contribution in [0.4, 0.5) is 0 Å². The van der Waals surface area contributed by atoms with Crippen LogP contribution in [0.2, 0.25) is 0 Å². The van der Waals surface area contributed by atoms with Crippen LogP contribution < -0.4 is 0 Å². The third-order valence-corrected chi connectivity index (χ3v) is 2.78. The van der Waals surface area contributed by atoms with Crippen molar-refractivity contribution in [3.63, 3.8) is 0 Å². The molecule has 0 rings (SSSR count). The first-order valence-corrected chi connectivity index (χ1v) is 7.69. The standard InChI is InChI=1S/C16H21NO10/c1-8(18)23-7-14(25-10(3)20)16(27-12(5)22)15(26-11(4)21)13(6-17)24-9(2)19/h13-16H,7H2,1-5H3/t13-,14+,15+,16+/m0/s1. The fourth-order valence-corrected chi connectivity index (χ4v) is 1.99. The molecule has 150 valence electrons. The van der Waals surface area contributed by atoms with Crippen molar-refractivity contribution < 1.29 is 47.7 Å². The molecule has 11 nitrogen and oxygen atoms in total. The number of nitriles is 1. The Labute approximate surface area is 155 Å². The summed E-state index contributed by atoms with van der Waals surface area (Å²) in [4.78, 5) is 56.7. The molecular formula is C16H21NO10. The lowest BCUT2D eigenvalue weighted by atomic mass is 10.0. The molecule has 0 saturated heterocycles. The molecule has 0 aliphatic carbocycles. The Balaban J connectivity index is 6.01. The predicted octanol–water partition coefficient (Wildman–Crippen LogP) is -0.200. The number of nitrogens with zero attached hydrogens (tertiary/aromatic N) is 1. The first-order chi connectivity index (χ1) is 12.5. The zero-order valence-corrected chi connectivity index (χ0v) is 15.5. The number of carbonyl (C=O) groups is 5. The van der Waals surface area contributed by atoms with Gasteiger partial charge in [0.15, 0.2) is 18.3 Å². The maximum Gasteiger partial charge on any atom is 0.304 e. The van der Waals surface area contributed by atoms with Crippen LogP contribution >= 0.6 is 0 Å². The monoisotopic (exact) mass is 387 g/mol. The zero-order chi connectivity index (χ0) is 21.1. The molecule has 0 radical (unpaired) electrons. The van der Waals surface area contributed by atoms with Crippen molar-refractivity contribution in [1.29, 1.82) is 5.26 Å². The maximum absolute atomic E-state index is 11.5. The Morgan fingerprint density at radius 1 is 0.704 bits per heavy atom. The van der Waals surface area contributed by atoms with E-state index in [0.29, 0.717) is 0 Å². The number of ether oxygens (including phenoxy) is 5. The fraction of sp³-hybridized carbons (Fsp3) is 0.625. The Hall–Kier alpha value is -3.16. The van der Waals surface area contributed by atoms with Gasteiger partial charge in [0, 0.05) is 34.6 Å². The Bertz CT molecular complexity index is 623. The van der Waals surface area contributed by atoms with Crippen LogP contribution in [-0.2, 0) is 47.7 Å². The zero-order valence-electron chi connectivity index (χ0n) is 15.5. The van der Waals surface area contributed by atoms with E-state index >= 15 is 0 Å². The van der Waals surface area contributed by atoms with Gasteiger partial charge < -0.3 is 23.7 Å². The van der Waals surface area contributed by atoms with E-state index in [1.807, 2.05) is 0 Å². The van der Waals surface area contributed by atoms with Crippen molar-refractivity contribution in [2.24, 2.45) is 0 Å². The van der Waals surface area contributed by atoms with Gasteiger partial charge in [0.2, 0.25) is 6.10 Å². The van der Waals surface area contributed by atoms with Gasteiger partial charge in [-0.1, -0.05) is 0 Å². The van der Waals surface area contributed by atoms with Crippen molar-refractivity contribution in [2.45, 2.75) is 59.0 Å². The molecule has 0 aliphatic heterocycles. The van der Waals surface area contributed by atoms with Crippen molar-refractivity contribution >= 4 is 29.8 Å². The van der Waals surface area contributed by atoms with Crippen molar-refractivity contribution in [2.75, 3.05) is 6.61 Å². The van der Waals surface area contributed by atoms with Crippen LogP contribution in [0.1, 0.15) is 34.6 Å². The average molecular weight is 387 g/mol. The summed E-state index contributed by atoms with van der Waals surface area (Å²) in [6.07, 6.45) is -6.38. The van der Waals surface area contributed by atoms with E-state index in [1.165, 1.54) is 0 Å². The van der Waals surface area contributed by atoms with Crippen LogP contribution in [0, 0.1) is 11.3 Å². The predicted molar refractivity (Wildman–Crippen MR) is 84.5 cm³/mol. The molecule has 0 saturated carbocycles. The third kappa shape index (κ3) is 9.78. The second-order valence-corrected chi connectivity index (χ2v) is 5.26. The Morgan fingerprint density at radius 2 is 1.15 bits per heavy atom. The SMILES string of the molecule is CC(=O)OC[C@@H](OC(C)=O)[C@@H](OC(C)=O)[C@H](OC(C)=O)[C@H](C#N)OC(C)=O. The van der Waals surface area contributed by atoms with E-state index in [-0.39, 0.29) is 0 Å². The Morgan fingerprint density at radius 3 is 1.52 bits per heavy atom. The number of esters is 5. The summed E-state index contributed by atoms with van der Waals surface area (Å²) in [7, 11) is 0. The van der Waals surface area contributed by atoms with Gasteiger partial charge in [-0.15, -0.1) is 0 Å². The molecule has 0 spiro atoms. The fourth-order valence-electron chi connectivity index (χ4n) is 1.99. The van der Waals surface area contributed by atoms with E-state index in [4.69, 9.17) is 23.7 Å². The highest BCUT2D eigenvalue weighted by Crippen LogP contribution is 2.19. The number of carbonyl (C=O) groups excluding carboxylic acids is 5. The summed E-state index contributed by atoms with van der Waals surface area (Å²) < 4.78 is 24.6. The van der Waals surface area contributed by atoms with Crippen molar-refractivity contribution in [3.05, 3.63) is 0 Å². The first kappa shape index (κ1) is 23.8. The molecule has 0 aliphatic rings. The molecule has 0 fully saturated rings. The average Bonchev–Trinajstić information content (AvgIpc) is 2.51. The highest BCUT2D eigenvalue weighted by atomic mass is 16.6. The minimum atomic E-state index is -1.69. The molecular weight excluding hydrogens is 366 g/mol. The summed E-state index contributed by atoms with van der Waals surface area (Å²) in [5, 5.41) is 9.27. The van der Waals surface area contributed by atoms with Gasteiger partial charge in [-0.2, -0.15) is 5.26 Å². The Kier molecular flexibility index (Phi) is 10.1. The molecule has 0 N–H and O–H groups in total. The summed E-state index contributed by atoms with van der Waals surface area (Å²) in [6, 6.07) is 1.61. The molecule has 0 unspecified atom stereocenters. The topological polar surface area (TPSA) is 155 Å². The second kappa shape index (κ2) is 11.5. The van der Waals surface area contributed by atoms with Gasteiger partial charge in [-0.3, -0.25) is 24.0 Å². The van der Waals surface area contributed by atoms with Crippen LogP contribution in [0.15, 0.2) is 0 Å². The molecule has 27 heavy (non-hydrogen) atoms. The number of rotatable bonds is 9. The van der Waals surface area contributed by atoms with Crippen molar-refractivity contribution in [3.8, 4) is 6.07 Å². The van der Waals surface area contributed by atoms with Crippen LogP contribution in [0.5, 0.6) is 0 Å². The van der Waals surface area contributed by atoms with Gasteiger partial charge in [0.05, 0.1) is 0 Å². The van der Waals surface area contributed by atoms with E-state index in [9.17, 15) is 29.2 Å². The highest BCUT2D eigenvalue weighted by Gasteiger charge is 2.44. The lowest BCUT2D eigenvalue weighted by Crippen LogP contribution is -2.52. The smallest absolute Gasteiger partial charge is 0.304 e. The summed E-state index contributed by atoms with van der Waals surface area (Å²) >= 11 is 0. The lowest BCUT2D eigenvalue weighted by Gasteiger charge is -2.33. The molecule has 0 bridgehead atoms. The van der Waals surface area contributed by atoms with E-state index in [1.54, 1.807) is 6.07 Å². The third-order valence-electron chi connectivity index (χ3n) is 2.78.